The smallest absolute Gasteiger partial charge is 0.102 e. The van der Waals surface area contributed by atoms with Gasteiger partial charge in [0, 0.05) is 15.4 Å². The molecule has 2 heterocycles. The number of nitrogen functional groups attached to an aromatic ring is 1. The number of allylic oxidation sites excluding steroid dienone is 2. The Morgan fingerprint density at radius 2 is 1.26 bits per heavy atom. The van der Waals surface area contributed by atoms with Crippen molar-refractivity contribution in [3.8, 4) is 10.4 Å². The van der Waals surface area contributed by atoms with Crippen LogP contribution >= 0.6 is 11.3 Å². The first-order valence-corrected chi connectivity index (χ1v) is 14.7. The largest absolute Gasteiger partial charge is 0.399 e. The molecule has 0 amide bonds. The zero-order valence-corrected chi connectivity index (χ0v) is 22.6. The van der Waals surface area contributed by atoms with Crippen LogP contribution in [0.25, 0.3) is 16.0 Å². The average Bonchev–Trinajstić information content (AvgIpc) is 3.35. The highest BCUT2D eigenvalue weighted by molar-refractivity contribution is 7.16. The van der Waals surface area contributed by atoms with Crippen molar-refractivity contribution in [2.24, 2.45) is 0 Å². The predicted molar refractivity (Wildman–Crippen MR) is 153 cm³/mol. The zero-order valence-electron chi connectivity index (χ0n) is 21.7. The van der Waals surface area contributed by atoms with E-state index in [2.05, 4.69) is 56.5 Å². The molecule has 3 heteroatoms. The molecule has 2 nitrogen and oxygen atoms in total. The lowest BCUT2D eigenvalue weighted by atomic mass is 10.1. The van der Waals surface area contributed by atoms with E-state index in [0.29, 0.717) is 0 Å². The van der Waals surface area contributed by atoms with Crippen LogP contribution in [-0.4, -0.2) is 24.1 Å². The fraction of sp³-hybridized carbons (Fsp3) is 0.548. The van der Waals surface area contributed by atoms with Gasteiger partial charge in [-0.25, -0.2) is 0 Å². The molecule has 0 radical (unpaired) electrons. The normalized spacial score (nSPS) is 14.9. The van der Waals surface area contributed by atoms with Crippen molar-refractivity contribution in [3.05, 3.63) is 59.6 Å². The third-order valence-electron chi connectivity index (χ3n) is 7.24. The minimum atomic E-state index is 0.822. The molecule has 0 unspecified atom stereocenters. The number of rotatable bonds is 16. The van der Waals surface area contributed by atoms with Crippen molar-refractivity contribution in [2.75, 3.05) is 25.4 Å². The molecule has 0 atom stereocenters. The molecule has 0 aliphatic carbocycles. The fourth-order valence-corrected chi connectivity index (χ4v) is 6.02. The zero-order chi connectivity index (χ0) is 24.1. The van der Waals surface area contributed by atoms with E-state index in [1.54, 1.807) is 0 Å². The first kappa shape index (κ1) is 26.8. The van der Waals surface area contributed by atoms with Crippen molar-refractivity contribution in [1.82, 2.24) is 0 Å². The number of hydrogen-bond donors (Lipinski definition) is 1. The topological polar surface area (TPSA) is 26.0 Å². The standard InChI is InChI=1S/C31H47N2S/c1-3-5-7-9-11-13-23-33(24-14-12-10-8-6-4-2)25-21-28(22-26-33)31-20-19-30(34-31)27-15-17-29(32)18-16-27/h15-22,25H,3-14,23-24,26,32H2,1-2H3/q+1. The molecule has 3 rings (SSSR count). The monoisotopic (exact) mass is 479 g/mol. The predicted octanol–water partition coefficient (Wildman–Crippen LogP) is 9.45. The Bertz CT molecular complexity index is 874. The van der Waals surface area contributed by atoms with Gasteiger partial charge in [0.15, 0.2) is 0 Å². The molecule has 0 fully saturated rings. The van der Waals surface area contributed by atoms with Crippen molar-refractivity contribution >= 4 is 22.6 Å². The molecular weight excluding hydrogens is 432 g/mol. The van der Waals surface area contributed by atoms with Crippen LogP contribution in [0.5, 0.6) is 0 Å². The van der Waals surface area contributed by atoms with E-state index in [0.717, 1.165) is 16.7 Å². The Balaban J connectivity index is 1.59. The van der Waals surface area contributed by atoms with E-state index in [-0.39, 0.29) is 0 Å². The summed E-state index contributed by atoms with van der Waals surface area (Å²) in [6.45, 7) is 8.33. The highest BCUT2D eigenvalue weighted by Gasteiger charge is 2.26. The quantitative estimate of drug-likeness (QED) is 0.145. The summed E-state index contributed by atoms with van der Waals surface area (Å²) in [5, 5.41) is 0. The molecule has 0 bridgehead atoms. The van der Waals surface area contributed by atoms with E-state index < -0.39 is 0 Å². The summed E-state index contributed by atoms with van der Waals surface area (Å²) in [5.74, 6) is 0. The molecule has 0 spiro atoms. The van der Waals surface area contributed by atoms with Crippen molar-refractivity contribution in [1.29, 1.82) is 0 Å². The number of benzene rings is 1. The van der Waals surface area contributed by atoms with E-state index >= 15 is 0 Å². The van der Waals surface area contributed by atoms with E-state index in [4.69, 9.17) is 5.73 Å². The van der Waals surface area contributed by atoms with Crippen LogP contribution in [0.4, 0.5) is 5.69 Å². The van der Waals surface area contributed by atoms with E-state index in [1.807, 2.05) is 23.5 Å². The van der Waals surface area contributed by atoms with Gasteiger partial charge in [0.05, 0.1) is 19.3 Å². The molecule has 1 aliphatic rings. The summed E-state index contributed by atoms with van der Waals surface area (Å²) in [6.07, 6.45) is 24.0. The fourth-order valence-electron chi connectivity index (χ4n) is 4.98. The minimum Gasteiger partial charge on any atom is -0.399 e. The summed E-state index contributed by atoms with van der Waals surface area (Å²) in [5.41, 5.74) is 9.33. The van der Waals surface area contributed by atoms with Gasteiger partial charge >= 0.3 is 0 Å². The SMILES string of the molecule is CCCCCCCC[N+]1(CCCCCCCC)C=CC(c2ccc(-c3ccc(N)cc3)s2)=CC1. The van der Waals surface area contributed by atoms with Gasteiger partial charge in [-0.1, -0.05) is 77.3 Å². The number of thiophene rings is 1. The van der Waals surface area contributed by atoms with Gasteiger partial charge in [-0.05, 0) is 73.2 Å². The van der Waals surface area contributed by atoms with Gasteiger partial charge in [0.1, 0.15) is 6.54 Å². The molecule has 2 aromatic rings. The number of anilines is 1. The first-order valence-electron chi connectivity index (χ1n) is 13.9. The van der Waals surface area contributed by atoms with Gasteiger partial charge in [0.25, 0.3) is 0 Å². The summed E-state index contributed by atoms with van der Waals surface area (Å²) in [6, 6.07) is 12.8. The molecule has 0 saturated heterocycles. The Morgan fingerprint density at radius 1 is 0.706 bits per heavy atom. The molecule has 1 aliphatic heterocycles. The van der Waals surface area contributed by atoms with Crippen LogP contribution in [0.3, 0.4) is 0 Å². The van der Waals surface area contributed by atoms with Gasteiger partial charge in [-0.2, -0.15) is 0 Å². The lowest BCUT2D eigenvalue weighted by Gasteiger charge is -2.36. The second-order valence-corrected chi connectivity index (χ2v) is 11.2. The second-order valence-electron chi connectivity index (χ2n) is 10.1. The van der Waals surface area contributed by atoms with Crippen molar-refractivity contribution in [3.63, 3.8) is 0 Å². The number of quaternary nitrogens is 1. The molecule has 34 heavy (non-hydrogen) atoms. The minimum absolute atomic E-state index is 0.822. The van der Waals surface area contributed by atoms with Crippen molar-refractivity contribution < 1.29 is 4.48 Å². The number of unbranched alkanes of at least 4 members (excludes halogenated alkanes) is 10. The highest BCUT2D eigenvalue weighted by atomic mass is 32.1. The maximum Gasteiger partial charge on any atom is 0.102 e. The summed E-state index contributed by atoms with van der Waals surface area (Å²) in [7, 11) is 0. The third kappa shape index (κ3) is 8.43. The third-order valence-corrected chi connectivity index (χ3v) is 8.43. The molecule has 0 saturated carbocycles. The highest BCUT2D eigenvalue weighted by Crippen LogP contribution is 2.35. The first-order chi connectivity index (χ1) is 16.7. The Morgan fingerprint density at radius 3 is 1.82 bits per heavy atom. The maximum absolute atomic E-state index is 5.87. The Kier molecular flexibility index (Phi) is 11.4. The molecule has 2 N–H and O–H groups in total. The van der Waals surface area contributed by atoms with Gasteiger partial charge in [-0.3, -0.25) is 4.48 Å². The lowest BCUT2D eigenvalue weighted by molar-refractivity contribution is -0.874. The van der Waals surface area contributed by atoms with Gasteiger partial charge < -0.3 is 5.73 Å². The van der Waals surface area contributed by atoms with Crippen molar-refractivity contribution in [2.45, 2.75) is 90.9 Å². The second kappa shape index (κ2) is 14.5. The molecular formula is C31H47N2S+. The van der Waals surface area contributed by atoms with E-state index in [9.17, 15) is 0 Å². The maximum atomic E-state index is 5.87. The van der Waals surface area contributed by atoms with Gasteiger partial charge in [0.2, 0.25) is 0 Å². The van der Waals surface area contributed by atoms with Crippen LogP contribution in [-0.2, 0) is 0 Å². The van der Waals surface area contributed by atoms with E-state index in [1.165, 1.54) is 111 Å². The van der Waals surface area contributed by atoms with Crippen LogP contribution in [0, 0.1) is 0 Å². The molecule has 1 aromatic heterocycles. The van der Waals surface area contributed by atoms with Crippen LogP contribution < -0.4 is 5.73 Å². The number of hydrogen-bond acceptors (Lipinski definition) is 2. The summed E-state index contributed by atoms with van der Waals surface area (Å²) in [4.78, 5) is 2.69. The molecule has 1 aromatic carbocycles. The molecule has 186 valence electrons. The summed E-state index contributed by atoms with van der Waals surface area (Å²) >= 11 is 1.89. The Hall–Kier alpha value is -1.84. The Labute approximate surface area is 213 Å². The lowest BCUT2D eigenvalue weighted by Crippen LogP contribution is -2.45. The average molecular weight is 480 g/mol. The van der Waals surface area contributed by atoms with Crippen LogP contribution in [0.2, 0.25) is 0 Å². The van der Waals surface area contributed by atoms with Gasteiger partial charge in [-0.15, -0.1) is 11.3 Å². The number of nitrogens with zero attached hydrogens (tertiary/aromatic N) is 1. The van der Waals surface area contributed by atoms with Crippen LogP contribution in [0.15, 0.2) is 54.8 Å². The number of nitrogens with two attached hydrogens (primary N) is 1. The van der Waals surface area contributed by atoms with Crippen LogP contribution in [0.1, 0.15) is 95.8 Å². The summed E-state index contributed by atoms with van der Waals surface area (Å²) < 4.78 is 1.15.